The van der Waals surface area contributed by atoms with Gasteiger partial charge in [0, 0.05) is 30.7 Å². The van der Waals surface area contributed by atoms with Crippen LogP contribution in [0.2, 0.25) is 0 Å². The minimum Gasteiger partial charge on any atom is -0.481 e. The largest absolute Gasteiger partial charge is 0.481 e. The lowest BCUT2D eigenvalue weighted by molar-refractivity contribution is -0.384. The van der Waals surface area contributed by atoms with Gasteiger partial charge in [0.15, 0.2) is 4.96 Å². The number of carboxylic acids is 1. The summed E-state index contributed by atoms with van der Waals surface area (Å²) in [6, 6.07) is 17.2. The molecule has 3 aromatic heterocycles. The van der Waals surface area contributed by atoms with Crippen molar-refractivity contribution < 1.29 is 19.2 Å². The highest BCUT2D eigenvalue weighted by molar-refractivity contribution is 7.15. The second-order valence-corrected chi connectivity index (χ2v) is 7.67. The number of furan rings is 1. The minimum atomic E-state index is -0.833. The topological polar surface area (TPSA) is 128 Å². The molecule has 0 amide bonds. The van der Waals surface area contributed by atoms with E-state index in [1.807, 2.05) is 24.3 Å². The Labute approximate surface area is 183 Å². The molecule has 0 atom stereocenters. The average molecular weight is 449 g/mol. The van der Waals surface area contributed by atoms with E-state index >= 15 is 0 Å². The number of hydrogen-bond acceptors (Lipinski definition) is 7. The van der Waals surface area contributed by atoms with Gasteiger partial charge in [-0.1, -0.05) is 23.5 Å². The summed E-state index contributed by atoms with van der Waals surface area (Å²) >= 11 is 1.30. The molecule has 0 aliphatic heterocycles. The summed E-state index contributed by atoms with van der Waals surface area (Å²) in [4.78, 5) is 37.2. The van der Waals surface area contributed by atoms with Gasteiger partial charge in [0.1, 0.15) is 16.1 Å². The second kappa shape index (κ2) is 8.44. The smallest absolute Gasteiger partial charge is 0.300 e. The molecule has 0 fully saturated rings. The Morgan fingerprint density at radius 2 is 1.84 bits per heavy atom. The van der Waals surface area contributed by atoms with E-state index < -0.39 is 10.9 Å². The number of thiazole rings is 1. The number of imidazole rings is 1. The van der Waals surface area contributed by atoms with Crippen molar-refractivity contribution in [2.45, 2.75) is 6.92 Å². The summed E-state index contributed by atoms with van der Waals surface area (Å²) in [6.45, 7) is 1.08. The first kappa shape index (κ1) is 20.9. The molecule has 2 aromatic carbocycles. The number of aliphatic carboxylic acids is 1. The van der Waals surface area contributed by atoms with Crippen molar-refractivity contribution in [2.75, 3.05) is 0 Å². The maximum atomic E-state index is 12.8. The van der Waals surface area contributed by atoms with Crippen LogP contribution in [0.15, 0.2) is 69.9 Å². The molecule has 5 rings (SSSR count). The molecule has 0 aliphatic rings. The SMILES string of the molecule is CC(=O)O.O=c1c(=Cc2ccc(-c3ccc([N+](=O)[O-])cc3)o2)sc2nc3ccccc3n12. The molecule has 10 heteroatoms. The molecular weight excluding hydrogens is 434 g/mol. The van der Waals surface area contributed by atoms with Gasteiger partial charge in [-0.25, -0.2) is 9.38 Å². The van der Waals surface area contributed by atoms with Crippen LogP contribution in [0, 0.1) is 10.1 Å². The molecular formula is C22H15N3O6S. The maximum Gasteiger partial charge on any atom is 0.300 e. The fourth-order valence-electron chi connectivity index (χ4n) is 3.07. The van der Waals surface area contributed by atoms with Crippen LogP contribution in [0.5, 0.6) is 0 Å². The summed E-state index contributed by atoms with van der Waals surface area (Å²) in [5, 5.41) is 18.2. The third-order valence-electron chi connectivity index (χ3n) is 4.41. The van der Waals surface area contributed by atoms with Crippen LogP contribution in [0.25, 0.3) is 33.4 Å². The third-order valence-corrected chi connectivity index (χ3v) is 5.38. The lowest BCUT2D eigenvalue weighted by Gasteiger charge is -1.96. The van der Waals surface area contributed by atoms with Crippen LogP contribution in [-0.2, 0) is 4.79 Å². The summed E-state index contributed by atoms with van der Waals surface area (Å²) in [7, 11) is 0. The van der Waals surface area contributed by atoms with Gasteiger partial charge in [-0.3, -0.25) is 19.7 Å². The fourth-order valence-corrected chi connectivity index (χ4v) is 4.04. The predicted molar refractivity (Wildman–Crippen MR) is 120 cm³/mol. The quantitative estimate of drug-likeness (QED) is 0.328. The zero-order chi connectivity index (χ0) is 22.8. The van der Waals surface area contributed by atoms with Gasteiger partial charge < -0.3 is 9.52 Å². The molecule has 0 aliphatic carbocycles. The van der Waals surface area contributed by atoms with Crippen molar-refractivity contribution >= 4 is 45.1 Å². The van der Waals surface area contributed by atoms with E-state index in [1.54, 1.807) is 34.7 Å². The number of aromatic nitrogens is 2. The van der Waals surface area contributed by atoms with Gasteiger partial charge in [0.25, 0.3) is 17.2 Å². The van der Waals surface area contributed by atoms with Crippen LogP contribution in [-0.4, -0.2) is 25.4 Å². The Hall–Kier alpha value is -4.31. The van der Waals surface area contributed by atoms with E-state index in [-0.39, 0.29) is 11.2 Å². The molecule has 5 aromatic rings. The van der Waals surface area contributed by atoms with E-state index in [0.29, 0.717) is 21.0 Å². The zero-order valence-electron chi connectivity index (χ0n) is 16.6. The van der Waals surface area contributed by atoms with Crippen molar-refractivity contribution in [3.63, 3.8) is 0 Å². The molecule has 1 N–H and O–H groups in total. The van der Waals surface area contributed by atoms with E-state index in [0.717, 1.165) is 23.5 Å². The molecule has 3 heterocycles. The predicted octanol–water partition coefficient (Wildman–Crippen LogP) is 3.72. The Morgan fingerprint density at radius 1 is 1.16 bits per heavy atom. The molecule has 160 valence electrons. The van der Waals surface area contributed by atoms with E-state index in [1.165, 1.54) is 23.5 Å². The minimum absolute atomic E-state index is 0.0206. The van der Waals surface area contributed by atoms with E-state index in [9.17, 15) is 14.9 Å². The van der Waals surface area contributed by atoms with Crippen molar-refractivity contribution in [1.82, 2.24) is 9.38 Å². The first-order valence-corrected chi connectivity index (χ1v) is 10.1. The number of nitrogens with zero attached hydrogens (tertiary/aromatic N) is 3. The number of non-ortho nitro benzene ring substituents is 1. The normalized spacial score (nSPS) is 11.5. The fraction of sp³-hybridized carbons (Fsp3) is 0.0455. The number of nitro benzene ring substituents is 1. The molecule has 0 saturated carbocycles. The number of nitro groups is 1. The average Bonchev–Trinajstić information content (AvgIpc) is 3.44. The number of benzene rings is 2. The lowest BCUT2D eigenvalue weighted by atomic mass is 10.1. The van der Waals surface area contributed by atoms with Gasteiger partial charge >= 0.3 is 0 Å². The first-order chi connectivity index (χ1) is 15.3. The summed E-state index contributed by atoms with van der Waals surface area (Å²) < 4.78 is 7.93. The Bertz CT molecular complexity index is 1560. The first-order valence-electron chi connectivity index (χ1n) is 9.29. The number of carbonyl (C=O) groups is 1. The van der Waals surface area contributed by atoms with Gasteiger partial charge in [0.2, 0.25) is 0 Å². The number of hydrogen-bond donors (Lipinski definition) is 1. The summed E-state index contributed by atoms with van der Waals surface area (Å²) in [6.07, 6.45) is 1.69. The molecule has 32 heavy (non-hydrogen) atoms. The van der Waals surface area contributed by atoms with Crippen LogP contribution < -0.4 is 10.1 Å². The highest BCUT2D eigenvalue weighted by Crippen LogP contribution is 2.25. The number of carboxylic acid groups (broad SMARTS) is 1. The molecule has 0 bridgehead atoms. The molecule has 0 saturated heterocycles. The van der Waals surface area contributed by atoms with Gasteiger partial charge in [0.05, 0.1) is 16.0 Å². The van der Waals surface area contributed by atoms with E-state index in [4.69, 9.17) is 14.3 Å². The monoisotopic (exact) mass is 449 g/mol. The highest BCUT2D eigenvalue weighted by atomic mass is 32.1. The zero-order valence-corrected chi connectivity index (χ0v) is 17.4. The molecule has 0 spiro atoms. The van der Waals surface area contributed by atoms with Crippen LogP contribution in [0.1, 0.15) is 12.7 Å². The van der Waals surface area contributed by atoms with Crippen molar-refractivity contribution in [2.24, 2.45) is 0 Å². The second-order valence-electron chi connectivity index (χ2n) is 6.66. The number of para-hydroxylation sites is 2. The summed E-state index contributed by atoms with van der Waals surface area (Å²) in [5.74, 6) is 0.264. The summed E-state index contributed by atoms with van der Waals surface area (Å²) in [5.41, 5.74) is 2.18. The van der Waals surface area contributed by atoms with Crippen LogP contribution in [0.3, 0.4) is 0 Å². The standard InChI is InChI=1S/C20H11N3O4S.C2H4O2/c24-19-18(28-20-21-15-3-1-2-4-16(15)22(19)20)11-14-9-10-17(27-14)12-5-7-13(8-6-12)23(25)26;1-2(3)4/h1-11H;1H3,(H,3,4). The van der Waals surface area contributed by atoms with Crippen molar-refractivity contribution in [1.29, 1.82) is 0 Å². The van der Waals surface area contributed by atoms with Gasteiger partial charge in [-0.05, 0) is 36.4 Å². The lowest BCUT2D eigenvalue weighted by Crippen LogP contribution is -2.22. The van der Waals surface area contributed by atoms with E-state index in [2.05, 4.69) is 4.98 Å². The van der Waals surface area contributed by atoms with Gasteiger partial charge in [-0.2, -0.15) is 0 Å². The van der Waals surface area contributed by atoms with Gasteiger partial charge in [-0.15, -0.1) is 0 Å². The Balaban J connectivity index is 0.000000567. The number of rotatable bonds is 3. The molecule has 0 radical (unpaired) electrons. The van der Waals surface area contributed by atoms with Crippen molar-refractivity contribution in [3.8, 4) is 11.3 Å². The van der Waals surface area contributed by atoms with Crippen LogP contribution >= 0.6 is 11.3 Å². The highest BCUT2D eigenvalue weighted by Gasteiger charge is 2.12. The maximum absolute atomic E-state index is 12.8. The van der Waals surface area contributed by atoms with Crippen LogP contribution in [0.4, 0.5) is 5.69 Å². The molecule has 9 nitrogen and oxygen atoms in total. The third kappa shape index (κ3) is 4.12. The number of fused-ring (bicyclic) bond motifs is 3. The Kier molecular flexibility index (Phi) is 5.52. The molecule has 0 unspecified atom stereocenters. The van der Waals surface area contributed by atoms with Crippen molar-refractivity contribution in [3.05, 3.63) is 91.4 Å². The Morgan fingerprint density at radius 3 is 2.53 bits per heavy atom.